The van der Waals surface area contributed by atoms with Gasteiger partial charge in [0.1, 0.15) is 0 Å². The van der Waals surface area contributed by atoms with E-state index in [1.807, 2.05) is 24.7 Å². The zero-order valence-electron chi connectivity index (χ0n) is 7.95. The van der Waals surface area contributed by atoms with Gasteiger partial charge in [-0.3, -0.25) is 4.79 Å². The molecule has 0 aromatic carbocycles. The number of hydrogen-bond donors (Lipinski definition) is 1. The van der Waals surface area contributed by atoms with Gasteiger partial charge in [-0.25, -0.2) is 0 Å². The fourth-order valence-electron chi connectivity index (χ4n) is 0.987. The van der Waals surface area contributed by atoms with Crippen molar-refractivity contribution in [3.63, 3.8) is 0 Å². The Bertz CT molecular complexity index is 314. The topological polar surface area (TPSA) is 34.0 Å². The van der Waals surface area contributed by atoms with Crippen LogP contribution in [0.5, 0.6) is 0 Å². The normalized spacial score (nSPS) is 12.2. The minimum Gasteiger partial charge on any atom is -0.356 e. The lowest BCUT2D eigenvalue weighted by molar-refractivity contribution is 0.0947. The second-order valence-electron chi connectivity index (χ2n) is 3.06. The molecule has 1 atom stereocenters. The van der Waals surface area contributed by atoms with Crippen molar-refractivity contribution in [1.29, 1.82) is 0 Å². The van der Waals surface area contributed by atoms with Crippen LogP contribution in [0.1, 0.15) is 17.3 Å². The molecule has 0 saturated carbocycles. The molecule has 0 bridgehead atoms. The van der Waals surface area contributed by atoms with Crippen molar-refractivity contribution in [3.05, 3.63) is 36.7 Å². The van der Waals surface area contributed by atoms with Gasteiger partial charge in [-0.1, -0.05) is 6.08 Å². The Hall–Kier alpha value is -1.51. The van der Waals surface area contributed by atoms with E-state index >= 15 is 0 Å². The van der Waals surface area contributed by atoms with Crippen LogP contribution < -0.4 is 5.32 Å². The molecule has 0 spiro atoms. The molecule has 1 aromatic rings. The lowest BCUT2D eigenvalue weighted by Gasteiger charge is -2.07. The van der Waals surface area contributed by atoms with Crippen LogP contribution in [0.15, 0.2) is 31.1 Å². The van der Waals surface area contributed by atoms with Gasteiger partial charge < -0.3 is 9.88 Å². The van der Waals surface area contributed by atoms with Crippen LogP contribution in [0.2, 0.25) is 0 Å². The van der Waals surface area contributed by atoms with Crippen molar-refractivity contribution in [1.82, 2.24) is 9.88 Å². The highest BCUT2D eigenvalue weighted by Crippen LogP contribution is 1.99. The van der Waals surface area contributed by atoms with Gasteiger partial charge in [-0.05, 0) is 13.0 Å². The van der Waals surface area contributed by atoms with Crippen LogP contribution in [-0.2, 0) is 7.05 Å². The van der Waals surface area contributed by atoms with Gasteiger partial charge in [0.15, 0.2) is 0 Å². The SMILES string of the molecule is C=CC(C)NC(=O)c1ccn(C)c1. The third kappa shape index (κ3) is 2.47. The van der Waals surface area contributed by atoms with Crippen molar-refractivity contribution in [2.75, 3.05) is 0 Å². The minimum atomic E-state index is -0.0620. The van der Waals surface area contributed by atoms with Crippen LogP contribution in [-0.4, -0.2) is 16.5 Å². The van der Waals surface area contributed by atoms with Gasteiger partial charge in [0.25, 0.3) is 5.91 Å². The number of nitrogens with zero attached hydrogens (tertiary/aromatic N) is 1. The molecule has 1 amide bonds. The van der Waals surface area contributed by atoms with E-state index in [-0.39, 0.29) is 11.9 Å². The van der Waals surface area contributed by atoms with E-state index in [9.17, 15) is 4.79 Å². The van der Waals surface area contributed by atoms with Crippen LogP contribution >= 0.6 is 0 Å². The zero-order chi connectivity index (χ0) is 9.84. The third-order valence-electron chi connectivity index (χ3n) is 1.81. The Balaban J connectivity index is 2.63. The number of aryl methyl sites for hydroxylation is 1. The lowest BCUT2D eigenvalue weighted by atomic mass is 10.3. The Morgan fingerprint density at radius 1 is 1.77 bits per heavy atom. The van der Waals surface area contributed by atoms with Gasteiger partial charge in [0.05, 0.1) is 5.56 Å². The molecule has 0 saturated heterocycles. The molecule has 0 fully saturated rings. The molecule has 1 aromatic heterocycles. The van der Waals surface area contributed by atoms with Gasteiger partial charge in [0.2, 0.25) is 0 Å². The molecule has 0 aliphatic heterocycles. The summed E-state index contributed by atoms with van der Waals surface area (Å²) in [7, 11) is 1.88. The van der Waals surface area contributed by atoms with Crippen LogP contribution in [0.25, 0.3) is 0 Å². The summed E-state index contributed by atoms with van der Waals surface area (Å²) in [5.41, 5.74) is 0.677. The first kappa shape index (κ1) is 9.58. The molecule has 3 heteroatoms. The molecule has 0 radical (unpaired) electrons. The predicted octanol–water partition coefficient (Wildman–Crippen LogP) is 1.33. The molecule has 13 heavy (non-hydrogen) atoms. The second kappa shape index (κ2) is 3.94. The van der Waals surface area contributed by atoms with Crippen LogP contribution in [0, 0.1) is 0 Å². The average Bonchev–Trinajstić information content (AvgIpc) is 2.51. The Morgan fingerprint density at radius 3 is 2.92 bits per heavy atom. The van der Waals surface area contributed by atoms with Gasteiger partial charge in [0, 0.05) is 25.5 Å². The maximum absolute atomic E-state index is 11.5. The second-order valence-corrected chi connectivity index (χ2v) is 3.06. The number of amides is 1. The highest BCUT2D eigenvalue weighted by Gasteiger charge is 2.07. The first-order chi connectivity index (χ1) is 6.13. The Morgan fingerprint density at radius 2 is 2.46 bits per heavy atom. The number of aromatic nitrogens is 1. The van der Waals surface area contributed by atoms with E-state index in [1.54, 1.807) is 18.3 Å². The summed E-state index contributed by atoms with van der Waals surface area (Å²) < 4.78 is 1.84. The molecule has 1 N–H and O–H groups in total. The Kier molecular flexibility index (Phi) is 2.90. The lowest BCUT2D eigenvalue weighted by Crippen LogP contribution is -2.30. The maximum Gasteiger partial charge on any atom is 0.253 e. The summed E-state index contributed by atoms with van der Waals surface area (Å²) in [4.78, 5) is 11.5. The molecule has 3 nitrogen and oxygen atoms in total. The van der Waals surface area contributed by atoms with Crippen molar-refractivity contribution in [2.24, 2.45) is 7.05 Å². The largest absolute Gasteiger partial charge is 0.356 e. The molecule has 70 valence electrons. The summed E-state index contributed by atoms with van der Waals surface area (Å²) in [6.45, 7) is 5.48. The Labute approximate surface area is 78.1 Å². The van der Waals surface area contributed by atoms with E-state index in [0.29, 0.717) is 5.56 Å². The highest BCUT2D eigenvalue weighted by atomic mass is 16.1. The van der Waals surface area contributed by atoms with Crippen molar-refractivity contribution >= 4 is 5.91 Å². The first-order valence-electron chi connectivity index (χ1n) is 4.19. The predicted molar refractivity (Wildman–Crippen MR) is 52.5 cm³/mol. The van der Waals surface area contributed by atoms with Gasteiger partial charge in [-0.2, -0.15) is 0 Å². The quantitative estimate of drug-likeness (QED) is 0.696. The van der Waals surface area contributed by atoms with Crippen LogP contribution in [0.4, 0.5) is 0 Å². The number of carbonyl (C=O) groups excluding carboxylic acids is 1. The smallest absolute Gasteiger partial charge is 0.253 e. The summed E-state index contributed by atoms with van der Waals surface area (Å²) in [6, 6.07) is 1.79. The summed E-state index contributed by atoms with van der Waals surface area (Å²) in [5.74, 6) is -0.0620. The zero-order valence-corrected chi connectivity index (χ0v) is 7.95. The number of rotatable bonds is 3. The summed E-state index contributed by atoms with van der Waals surface area (Å²) in [6.07, 6.45) is 5.32. The monoisotopic (exact) mass is 178 g/mol. The van der Waals surface area contributed by atoms with Crippen LogP contribution in [0.3, 0.4) is 0 Å². The van der Waals surface area contributed by atoms with Crippen molar-refractivity contribution < 1.29 is 4.79 Å². The summed E-state index contributed by atoms with van der Waals surface area (Å²) in [5, 5.41) is 2.79. The third-order valence-corrected chi connectivity index (χ3v) is 1.81. The fourth-order valence-corrected chi connectivity index (χ4v) is 0.987. The molecular formula is C10H14N2O. The fraction of sp³-hybridized carbons (Fsp3) is 0.300. The molecule has 0 aliphatic carbocycles. The van der Waals surface area contributed by atoms with Gasteiger partial charge >= 0.3 is 0 Å². The standard InChI is InChI=1S/C10H14N2O/c1-4-8(2)11-10(13)9-5-6-12(3)7-9/h4-8H,1H2,2-3H3,(H,11,13). The van der Waals surface area contributed by atoms with E-state index in [4.69, 9.17) is 0 Å². The van der Waals surface area contributed by atoms with Crippen molar-refractivity contribution in [3.8, 4) is 0 Å². The molecule has 1 rings (SSSR count). The van der Waals surface area contributed by atoms with E-state index in [1.165, 1.54) is 0 Å². The first-order valence-corrected chi connectivity index (χ1v) is 4.19. The average molecular weight is 178 g/mol. The van der Waals surface area contributed by atoms with E-state index < -0.39 is 0 Å². The molecule has 1 unspecified atom stereocenters. The maximum atomic E-state index is 11.5. The molecule has 1 heterocycles. The van der Waals surface area contributed by atoms with Gasteiger partial charge in [-0.15, -0.1) is 6.58 Å². The van der Waals surface area contributed by atoms with E-state index in [2.05, 4.69) is 11.9 Å². The minimum absolute atomic E-state index is 0.00714. The van der Waals surface area contributed by atoms with Crippen molar-refractivity contribution in [2.45, 2.75) is 13.0 Å². The highest BCUT2D eigenvalue weighted by molar-refractivity contribution is 5.94. The number of hydrogen-bond acceptors (Lipinski definition) is 1. The van der Waals surface area contributed by atoms with E-state index in [0.717, 1.165) is 0 Å². The summed E-state index contributed by atoms with van der Waals surface area (Å²) >= 11 is 0. The molecular weight excluding hydrogens is 164 g/mol. The number of carbonyl (C=O) groups is 1. The molecule has 0 aliphatic rings. The number of nitrogens with one attached hydrogen (secondary N) is 1.